The Labute approximate surface area is 94.2 Å². The summed E-state index contributed by atoms with van der Waals surface area (Å²) in [5.41, 5.74) is -0.129. The Morgan fingerprint density at radius 2 is 2.12 bits per heavy atom. The number of benzene rings is 1. The SMILES string of the molecule is CCCCS(=O)(=O)Nc1cccc(F)c1O. The van der Waals surface area contributed by atoms with E-state index in [1.54, 1.807) is 0 Å². The van der Waals surface area contributed by atoms with Crippen molar-refractivity contribution in [3.63, 3.8) is 0 Å². The first-order valence-electron chi connectivity index (χ1n) is 4.94. The number of hydrogen-bond donors (Lipinski definition) is 2. The predicted molar refractivity (Wildman–Crippen MR) is 60.4 cm³/mol. The Hall–Kier alpha value is -1.30. The van der Waals surface area contributed by atoms with E-state index in [1.165, 1.54) is 12.1 Å². The van der Waals surface area contributed by atoms with Gasteiger partial charge in [0.2, 0.25) is 10.0 Å². The van der Waals surface area contributed by atoms with Crippen LogP contribution in [-0.4, -0.2) is 19.3 Å². The monoisotopic (exact) mass is 247 g/mol. The van der Waals surface area contributed by atoms with Crippen molar-refractivity contribution in [2.75, 3.05) is 10.5 Å². The maximum atomic E-state index is 12.9. The third kappa shape index (κ3) is 3.37. The highest BCUT2D eigenvalue weighted by Crippen LogP contribution is 2.26. The molecule has 0 amide bonds. The number of para-hydroxylation sites is 1. The summed E-state index contributed by atoms with van der Waals surface area (Å²) in [6.45, 7) is 1.87. The molecule has 0 fully saturated rings. The summed E-state index contributed by atoms with van der Waals surface area (Å²) in [6.07, 6.45) is 1.27. The molecule has 0 unspecified atom stereocenters. The van der Waals surface area contributed by atoms with Gasteiger partial charge in [-0.05, 0) is 18.6 Å². The average Bonchev–Trinajstić information content (AvgIpc) is 2.22. The second kappa shape index (κ2) is 5.16. The van der Waals surface area contributed by atoms with E-state index < -0.39 is 21.6 Å². The summed E-state index contributed by atoms with van der Waals surface area (Å²) < 4.78 is 38.0. The molecule has 0 bridgehead atoms. The number of sulfonamides is 1. The van der Waals surface area contributed by atoms with Crippen LogP contribution in [0.3, 0.4) is 0 Å². The van der Waals surface area contributed by atoms with Crippen LogP contribution in [0, 0.1) is 5.82 Å². The molecule has 0 radical (unpaired) electrons. The molecule has 0 aliphatic carbocycles. The number of aromatic hydroxyl groups is 1. The van der Waals surface area contributed by atoms with Crippen LogP contribution in [-0.2, 0) is 10.0 Å². The van der Waals surface area contributed by atoms with Gasteiger partial charge in [0, 0.05) is 0 Å². The molecule has 2 N–H and O–H groups in total. The third-order valence-electron chi connectivity index (χ3n) is 2.02. The quantitative estimate of drug-likeness (QED) is 0.783. The Kier molecular flexibility index (Phi) is 4.12. The van der Waals surface area contributed by atoms with E-state index >= 15 is 0 Å². The van der Waals surface area contributed by atoms with Gasteiger partial charge in [-0.3, -0.25) is 4.72 Å². The van der Waals surface area contributed by atoms with E-state index in [0.29, 0.717) is 6.42 Å². The molecule has 4 nitrogen and oxygen atoms in total. The molecule has 16 heavy (non-hydrogen) atoms. The number of halogens is 1. The van der Waals surface area contributed by atoms with Gasteiger partial charge in [0.05, 0.1) is 11.4 Å². The van der Waals surface area contributed by atoms with Crippen LogP contribution in [0.4, 0.5) is 10.1 Å². The van der Waals surface area contributed by atoms with Crippen molar-refractivity contribution in [1.29, 1.82) is 0 Å². The fourth-order valence-corrected chi connectivity index (χ4v) is 2.42. The number of hydrogen-bond acceptors (Lipinski definition) is 3. The minimum atomic E-state index is -3.51. The third-order valence-corrected chi connectivity index (χ3v) is 3.38. The zero-order valence-electron chi connectivity index (χ0n) is 8.90. The maximum Gasteiger partial charge on any atom is 0.232 e. The van der Waals surface area contributed by atoms with Gasteiger partial charge in [-0.15, -0.1) is 0 Å². The van der Waals surface area contributed by atoms with Crippen LogP contribution in [0.5, 0.6) is 5.75 Å². The first kappa shape index (κ1) is 12.8. The van der Waals surface area contributed by atoms with Crippen molar-refractivity contribution in [2.24, 2.45) is 0 Å². The van der Waals surface area contributed by atoms with Crippen LogP contribution in [0.15, 0.2) is 18.2 Å². The predicted octanol–water partition coefficient (Wildman–Crippen LogP) is 2.07. The molecule has 0 heterocycles. The molecular formula is C10H14FNO3S. The molecule has 1 rings (SSSR count). The number of phenols is 1. The van der Waals surface area contributed by atoms with Crippen LogP contribution in [0.1, 0.15) is 19.8 Å². The number of nitrogens with one attached hydrogen (secondary N) is 1. The van der Waals surface area contributed by atoms with Crippen molar-refractivity contribution >= 4 is 15.7 Å². The van der Waals surface area contributed by atoms with Crippen LogP contribution < -0.4 is 4.72 Å². The minimum Gasteiger partial charge on any atom is -0.503 e. The smallest absolute Gasteiger partial charge is 0.232 e. The molecule has 0 spiro atoms. The molecule has 6 heteroatoms. The average molecular weight is 247 g/mol. The zero-order valence-corrected chi connectivity index (χ0v) is 9.72. The molecule has 0 aromatic heterocycles. The largest absolute Gasteiger partial charge is 0.503 e. The number of unbranched alkanes of at least 4 members (excludes halogenated alkanes) is 1. The van der Waals surface area contributed by atoms with E-state index in [0.717, 1.165) is 12.5 Å². The normalized spacial score (nSPS) is 11.4. The zero-order chi connectivity index (χ0) is 12.2. The van der Waals surface area contributed by atoms with Crippen LogP contribution in [0.25, 0.3) is 0 Å². The number of phenolic OH excluding ortho intramolecular Hbond substituents is 1. The summed E-state index contributed by atoms with van der Waals surface area (Å²) in [6, 6.07) is 3.69. The summed E-state index contributed by atoms with van der Waals surface area (Å²) in [5, 5.41) is 9.28. The molecular weight excluding hydrogens is 233 g/mol. The van der Waals surface area contributed by atoms with Gasteiger partial charge in [-0.25, -0.2) is 12.8 Å². The highest BCUT2D eigenvalue weighted by molar-refractivity contribution is 7.92. The van der Waals surface area contributed by atoms with E-state index in [9.17, 15) is 17.9 Å². The van der Waals surface area contributed by atoms with E-state index in [-0.39, 0.29) is 11.4 Å². The van der Waals surface area contributed by atoms with Crippen LogP contribution >= 0.6 is 0 Å². The molecule has 0 atom stereocenters. The van der Waals surface area contributed by atoms with Gasteiger partial charge in [0.15, 0.2) is 11.6 Å². The van der Waals surface area contributed by atoms with Crippen molar-refractivity contribution in [1.82, 2.24) is 0 Å². The Balaban J connectivity index is 2.84. The lowest BCUT2D eigenvalue weighted by molar-refractivity contribution is 0.435. The number of rotatable bonds is 5. The molecule has 90 valence electrons. The van der Waals surface area contributed by atoms with Gasteiger partial charge in [0.25, 0.3) is 0 Å². The Bertz CT molecular complexity index is 459. The molecule has 1 aromatic rings. The molecule has 0 saturated heterocycles. The second-order valence-electron chi connectivity index (χ2n) is 3.41. The summed E-state index contributed by atoms with van der Waals surface area (Å²) in [7, 11) is -3.51. The van der Waals surface area contributed by atoms with Gasteiger partial charge in [-0.2, -0.15) is 0 Å². The first-order valence-corrected chi connectivity index (χ1v) is 6.59. The van der Waals surface area contributed by atoms with Crippen molar-refractivity contribution in [3.05, 3.63) is 24.0 Å². The van der Waals surface area contributed by atoms with Gasteiger partial charge >= 0.3 is 0 Å². The molecule has 1 aromatic carbocycles. The minimum absolute atomic E-state index is 0.0422. The number of anilines is 1. The highest BCUT2D eigenvalue weighted by atomic mass is 32.2. The van der Waals surface area contributed by atoms with Crippen molar-refractivity contribution < 1.29 is 17.9 Å². The van der Waals surface area contributed by atoms with E-state index in [2.05, 4.69) is 4.72 Å². The Morgan fingerprint density at radius 3 is 2.75 bits per heavy atom. The van der Waals surface area contributed by atoms with Crippen molar-refractivity contribution in [2.45, 2.75) is 19.8 Å². The fourth-order valence-electron chi connectivity index (χ4n) is 1.15. The summed E-state index contributed by atoms with van der Waals surface area (Å²) in [5.74, 6) is -1.57. The van der Waals surface area contributed by atoms with Gasteiger partial charge in [-0.1, -0.05) is 19.4 Å². The first-order chi connectivity index (χ1) is 7.46. The highest BCUT2D eigenvalue weighted by Gasteiger charge is 2.13. The fraction of sp³-hybridized carbons (Fsp3) is 0.400. The molecule has 0 saturated carbocycles. The van der Waals surface area contributed by atoms with Crippen LogP contribution in [0.2, 0.25) is 0 Å². The topological polar surface area (TPSA) is 66.4 Å². The van der Waals surface area contributed by atoms with Crippen molar-refractivity contribution in [3.8, 4) is 5.75 Å². The standard InChI is InChI=1S/C10H14FNO3S/c1-2-3-7-16(14,15)12-9-6-4-5-8(11)10(9)13/h4-6,12-13H,2-3,7H2,1H3. The van der Waals surface area contributed by atoms with E-state index in [4.69, 9.17) is 0 Å². The maximum absolute atomic E-state index is 12.9. The Morgan fingerprint density at radius 1 is 1.44 bits per heavy atom. The van der Waals surface area contributed by atoms with E-state index in [1.807, 2.05) is 6.92 Å². The molecule has 0 aliphatic heterocycles. The molecule has 0 aliphatic rings. The van der Waals surface area contributed by atoms with Gasteiger partial charge in [0.1, 0.15) is 0 Å². The van der Waals surface area contributed by atoms with Gasteiger partial charge < -0.3 is 5.11 Å². The summed E-state index contributed by atoms with van der Waals surface area (Å²) >= 11 is 0. The lowest BCUT2D eigenvalue weighted by Crippen LogP contribution is -2.16. The lowest BCUT2D eigenvalue weighted by atomic mass is 10.3. The summed E-state index contributed by atoms with van der Waals surface area (Å²) in [4.78, 5) is 0. The lowest BCUT2D eigenvalue weighted by Gasteiger charge is -2.09. The second-order valence-corrected chi connectivity index (χ2v) is 5.25.